The molecule has 0 rings (SSSR count). The molecule has 0 aromatic heterocycles. The Balaban J connectivity index is 4.49. The predicted octanol–water partition coefficient (Wildman–Crippen LogP) is 10.5. The lowest BCUT2D eigenvalue weighted by Crippen LogP contribution is -2.37. The summed E-state index contributed by atoms with van der Waals surface area (Å²) in [7, 11) is 1.43. The Bertz CT molecular complexity index is 1060. The molecule has 51 heavy (non-hydrogen) atoms. The highest BCUT2D eigenvalue weighted by atomic mass is 31.2. The van der Waals surface area contributed by atoms with Crippen LogP contribution in [-0.4, -0.2) is 74.9 Å². The number of carbonyl (C=O) groups is 2. The Hall–Kier alpha value is -2.29. The van der Waals surface area contributed by atoms with E-state index in [1.54, 1.807) is 0 Å². The fraction of sp³-hybridized carbons (Fsp3) is 0.707. The number of unbranched alkanes of at least 4 members (excludes halogenated alkanes) is 10. The number of phosphoric acid groups is 1. The number of hydrogen-bond donors (Lipinski definition) is 1. The molecule has 0 spiro atoms. The second-order valence-corrected chi connectivity index (χ2v) is 15.4. The fourth-order valence-electron chi connectivity index (χ4n) is 4.70. The highest BCUT2D eigenvalue weighted by Crippen LogP contribution is 2.43. The third-order valence-corrected chi connectivity index (χ3v) is 8.80. The van der Waals surface area contributed by atoms with E-state index >= 15 is 0 Å². The molecule has 0 aromatic carbocycles. The molecule has 1 N–H and O–H groups in total. The summed E-state index contributed by atoms with van der Waals surface area (Å²) in [6.45, 7) is 4.24. The van der Waals surface area contributed by atoms with Gasteiger partial charge in [-0.3, -0.25) is 18.6 Å². The second kappa shape index (κ2) is 33.5. The number of quaternary nitrogens is 1. The van der Waals surface area contributed by atoms with Crippen LogP contribution < -0.4 is 0 Å². The van der Waals surface area contributed by atoms with Gasteiger partial charge in [0.2, 0.25) is 0 Å². The summed E-state index contributed by atoms with van der Waals surface area (Å²) in [6.07, 6.45) is 38.7. The van der Waals surface area contributed by atoms with Crippen molar-refractivity contribution in [3.05, 3.63) is 60.8 Å². The van der Waals surface area contributed by atoms with E-state index in [9.17, 15) is 19.0 Å². The van der Waals surface area contributed by atoms with E-state index in [-0.39, 0.29) is 26.1 Å². The Labute approximate surface area is 311 Å². The lowest BCUT2D eigenvalue weighted by molar-refractivity contribution is -0.870. The molecule has 1 unspecified atom stereocenters. The third kappa shape index (κ3) is 37.3. The molecule has 0 aromatic rings. The zero-order valence-corrected chi connectivity index (χ0v) is 33.7. The zero-order chi connectivity index (χ0) is 37.9. The topological polar surface area (TPSA) is 108 Å². The first-order chi connectivity index (χ1) is 24.5. The summed E-state index contributed by atoms with van der Waals surface area (Å²) < 4.78 is 34.0. The van der Waals surface area contributed by atoms with Gasteiger partial charge >= 0.3 is 19.8 Å². The zero-order valence-electron chi connectivity index (χ0n) is 32.8. The van der Waals surface area contributed by atoms with Gasteiger partial charge in [-0.05, 0) is 51.4 Å². The first-order valence-corrected chi connectivity index (χ1v) is 21.0. The number of rotatable bonds is 34. The number of likely N-dealkylation sites (N-methyl/N-ethyl adjacent to an activating group) is 1. The van der Waals surface area contributed by atoms with Crippen LogP contribution in [0.5, 0.6) is 0 Å². The Morgan fingerprint density at radius 3 is 1.65 bits per heavy atom. The molecule has 10 heteroatoms. The fourth-order valence-corrected chi connectivity index (χ4v) is 5.44. The molecular weight excluding hydrogens is 665 g/mol. The van der Waals surface area contributed by atoms with Gasteiger partial charge in [-0.1, -0.05) is 132 Å². The highest BCUT2D eigenvalue weighted by Gasteiger charge is 2.27. The van der Waals surface area contributed by atoms with Gasteiger partial charge in [0.1, 0.15) is 19.8 Å². The summed E-state index contributed by atoms with van der Waals surface area (Å²) in [6, 6.07) is 0. The number of ether oxygens (including phenoxy) is 2. The van der Waals surface area contributed by atoms with Gasteiger partial charge in [-0.25, -0.2) is 4.57 Å². The standard InChI is InChI=1S/C41H72NO8P/c1-6-8-10-12-14-16-17-18-19-20-21-22-23-24-25-26-28-29-31-33-40(43)47-37-39(38-49-51(45,46)48-36-35-42(3,4)5)50-41(44)34-32-30-27-15-13-11-9-7-2/h14,16,18-19,21-22,24-25,28-29,39H,6-13,15,17,20,23,26-27,30-38H2,1-5H3/p+1/b16-14+,19-18+,22-21+,25-24+,29-28+/t39-/m0/s1. The molecule has 9 nitrogen and oxygen atoms in total. The second-order valence-electron chi connectivity index (χ2n) is 14.0. The first kappa shape index (κ1) is 48.7. The monoisotopic (exact) mass is 739 g/mol. The number of nitrogens with zero attached hydrogens (tertiary/aromatic N) is 1. The van der Waals surface area contributed by atoms with Crippen LogP contribution in [0.3, 0.4) is 0 Å². The smallest absolute Gasteiger partial charge is 0.462 e. The van der Waals surface area contributed by atoms with E-state index in [1.807, 2.05) is 33.3 Å². The van der Waals surface area contributed by atoms with Gasteiger partial charge in [0.25, 0.3) is 0 Å². The van der Waals surface area contributed by atoms with Crippen molar-refractivity contribution in [1.82, 2.24) is 0 Å². The Kier molecular flexibility index (Phi) is 32.0. The van der Waals surface area contributed by atoms with E-state index < -0.39 is 32.5 Å². The SMILES string of the molecule is CCCCC/C=C/C/C=C/C/C=C/C/C=C/C/C=C/CCC(=O)OC[C@@H](COP(=O)(O)OCC[N+](C)(C)C)OC(=O)CCCCCCCCCC. The minimum atomic E-state index is -4.38. The van der Waals surface area contributed by atoms with E-state index in [1.165, 1.54) is 51.4 Å². The van der Waals surface area contributed by atoms with Crippen LogP contribution in [0.2, 0.25) is 0 Å². The van der Waals surface area contributed by atoms with Crippen LogP contribution in [-0.2, 0) is 32.7 Å². The molecule has 0 saturated heterocycles. The summed E-state index contributed by atoms with van der Waals surface area (Å²) in [5.41, 5.74) is 0. The maximum atomic E-state index is 12.5. The van der Waals surface area contributed by atoms with Crippen molar-refractivity contribution in [2.45, 2.75) is 142 Å². The van der Waals surface area contributed by atoms with Gasteiger partial charge in [-0.15, -0.1) is 0 Å². The number of hydrogen-bond acceptors (Lipinski definition) is 7. The molecule has 294 valence electrons. The summed E-state index contributed by atoms with van der Waals surface area (Å²) in [5, 5.41) is 0. The van der Waals surface area contributed by atoms with Crippen LogP contribution in [0, 0.1) is 0 Å². The third-order valence-electron chi connectivity index (χ3n) is 7.81. The number of esters is 2. The summed E-state index contributed by atoms with van der Waals surface area (Å²) in [4.78, 5) is 35.0. The quantitative estimate of drug-likeness (QED) is 0.0229. The van der Waals surface area contributed by atoms with Crippen molar-refractivity contribution in [2.24, 2.45) is 0 Å². The van der Waals surface area contributed by atoms with Crippen LogP contribution in [0.4, 0.5) is 0 Å². The largest absolute Gasteiger partial charge is 0.472 e. The molecule has 0 fully saturated rings. The van der Waals surface area contributed by atoms with E-state index in [0.29, 0.717) is 23.9 Å². The maximum Gasteiger partial charge on any atom is 0.472 e. The minimum Gasteiger partial charge on any atom is -0.462 e. The average molecular weight is 739 g/mol. The van der Waals surface area contributed by atoms with Crippen molar-refractivity contribution >= 4 is 19.8 Å². The van der Waals surface area contributed by atoms with Gasteiger partial charge in [0.05, 0.1) is 27.7 Å². The van der Waals surface area contributed by atoms with Crippen LogP contribution in [0.1, 0.15) is 136 Å². The van der Waals surface area contributed by atoms with Crippen LogP contribution in [0.25, 0.3) is 0 Å². The molecular formula is C41H73NO8P+. The molecule has 0 saturated carbocycles. The van der Waals surface area contributed by atoms with Crippen LogP contribution in [0.15, 0.2) is 60.8 Å². The van der Waals surface area contributed by atoms with E-state index in [0.717, 1.165) is 44.9 Å². The number of allylic oxidation sites excluding steroid dienone is 10. The predicted molar refractivity (Wildman–Crippen MR) is 210 cm³/mol. The van der Waals surface area contributed by atoms with Crippen LogP contribution >= 0.6 is 7.82 Å². The van der Waals surface area contributed by atoms with E-state index in [4.69, 9.17) is 18.5 Å². The Morgan fingerprint density at radius 1 is 0.608 bits per heavy atom. The molecule has 0 radical (unpaired) electrons. The van der Waals surface area contributed by atoms with E-state index in [2.05, 4.69) is 62.5 Å². The van der Waals surface area contributed by atoms with Gasteiger partial charge in [0, 0.05) is 12.8 Å². The van der Waals surface area contributed by atoms with Gasteiger partial charge in [0.15, 0.2) is 6.10 Å². The lowest BCUT2D eigenvalue weighted by atomic mass is 10.1. The summed E-state index contributed by atoms with van der Waals surface area (Å²) in [5.74, 6) is -0.906. The average Bonchev–Trinajstić information content (AvgIpc) is 3.07. The molecule has 0 aliphatic heterocycles. The van der Waals surface area contributed by atoms with Gasteiger partial charge < -0.3 is 18.9 Å². The normalized spacial score (nSPS) is 14.4. The summed E-state index contributed by atoms with van der Waals surface area (Å²) >= 11 is 0. The van der Waals surface area contributed by atoms with Crippen molar-refractivity contribution in [3.8, 4) is 0 Å². The first-order valence-electron chi connectivity index (χ1n) is 19.5. The molecule has 0 amide bonds. The van der Waals surface area contributed by atoms with Crippen molar-refractivity contribution in [2.75, 3.05) is 47.5 Å². The maximum absolute atomic E-state index is 12.5. The Morgan fingerprint density at radius 2 is 1.10 bits per heavy atom. The molecule has 0 heterocycles. The lowest BCUT2D eigenvalue weighted by Gasteiger charge is -2.24. The molecule has 0 aliphatic rings. The van der Waals surface area contributed by atoms with Crippen molar-refractivity contribution in [3.63, 3.8) is 0 Å². The number of phosphoric ester groups is 1. The highest BCUT2D eigenvalue weighted by molar-refractivity contribution is 7.47. The van der Waals surface area contributed by atoms with Gasteiger partial charge in [-0.2, -0.15) is 0 Å². The molecule has 0 bridgehead atoms. The molecule has 0 aliphatic carbocycles. The number of carbonyl (C=O) groups excluding carboxylic acids is 2. The molecule has 2 atom stereocenters. The van der Waals surface area contributed by atoms with Crippen molar-refractivity contribution < 1.29 is 42.1 Å². The minimum absolute atomic E-state index is 0.0189. The van der Waals surface area contributed by atoms with Crippen molar-refractivity contribution in [1.29, 1.82) is 0 Å².